The predicted molar refractivity (Wildman–Crippen MR) is 110 cm³/mol. The van der Waals surface area contributed by atoms with Crippen molar-refractivity contribution in [1.29, 1.82) is 0 Å². The maximum Gasteiger partial charge on any atom is 0.262 e. The van der Waals surface area contributed by atoms with E-state index in [0.717, 1.165) is 10.5 Å². The molecule has 7 nitrogen and oxygen atoms in total. The van der Waals surface area contributed by atoms with Gasteiger partial charge in [0.1, 0.15) is 6.54 Å². The van der Waals surface area contributed by atoms with Gasteiger partial charge in [0.15, 0.2) is 0 Å². The van der Waals surface area contributed by atoms with Crippen molar-refractivity contribution in [3.63, 3.8) is 0 Å². The number of hydrogen-bond acceptors (Lipinski definition) is 4. The first-order valence-electron chi connectivity index (χ1n) is 10.0. The molecule has 2 aromatic carbocycles. The zero-order valence-corrected chi connectivity index (χ0v) is 16.8. The van der Waals surface area contributed by atoms with Crippen LogP contribution in [-0.4, -0.2) is 59.1 Å². The summed E-state index contributed by atoms with van der Waals surface area (Å²) in [6.07, 6.45) is 1.26. The molecule has 0 unspecified atom stereocenters. The van der Waals surface area contributed by atoms with Crippen LogP contribution in [0.3, 0.4) is 0 Å². The van der Waals surface area contributed by atoms with Gasteiger partial charge in [0.05, 0.1) is 11.1 Å². The standard InChI is InChI=1S/C23H23N3O4/c1-15-6-8-16(9-7-15)21(28)24-17-10-12-25(13-11-17)20(27)14-26-22(29)18-4-2-3-5-19(18)23(26)30/h2-9,17H,10-14H2,1H3,(H,24,28). The molecule has 30 heavy (non-hydrogen) atoms. The van der Waals surface area contributed by atoms with E-state index < -0.39 is 11.8 Å². The molecule has 4 amide bonds. The van der Waals surface area contributed by atoms with Gasteiger partial charge in [0.2, 0.25) is 5.91 Å². The average molecular weight is 405 g/mol. The number of likely N-dealkylation sites (tertiary alicyclic amines) is 1. The minimum absolute atomic E-state index is 0.0119. The molecule has 1 N–H and O–H groups in total. The normalized spacial score (nSPS) is 16.6. The second-order valence-corrected chi connectivity index (χ2v) is 7.74. The molecule has 0 aliphatic carbocycles. The summed E-state index contributed by atoms with van der Waals surface area (Å²) < 4.78 is 0. The third-order valence-corrected chi connectivity index (χ3v) is 5.67. The van der Waals surface area contributed by atoms with Crippen LogP contribution in [0.1, 0.15) is 49.5 Å². The van der Waals surface area contributed by atoms with Gasteiger partial charge in [-0.25, -0.2) is 0 Å². The van der Waals surface area contributed by atoms with Crippen LogP contribution >= 0.6 is 0 Å². The number of imide groups is 1. The Bertz CT molecular complexity index is 972. The van der Waals surface area contributed by atoms with Crippen LogP contribution in [0.2, 0.25) is 0 Å². The van der Waals surface area contributed by atoms with E-state index in [1.165, 1.54) is 0 Å². The minimum Gasteiger partial charge on any atom is -0.349 e. The molecular weight excluding hydrogens is 382 g/mol. The Labute approximate surface area is 174 Å². The highest BCUT2D eigenvalue weighted by molar-refractivity contribution is 6.22. The van der Waals surface area contributed by atoms with E-state index in [-0.39, 0.29) is 24.4 Å². The van der Waals surface area contributed by atoms with Crippen molar-refractivity contribution in [3.8, 4) is 0 Å². The van der Waals surface area contributed by atoms with E-state index in [1.807, 2.05) is 19.1 Å². The minimum atomic E-state index is -0.427. The molecular formula is C23H23N3O4. The number of nitrogens with zero attached hydrogens (tertiary/aromatic N) is 2. The molecule has 0 aromatic heterocycles. The van der Waals surface area contributed by atoms with Crippen molar-refractivity contribution < 1.29 is 19.2 Å². The second-order valence-electron chi connectivity index (χ2n) is 7.74. The number of benzene rings is 2. The molecule has 2 aromatic rings. The average Bonchev–Trinajstić information content (AvgIpc) is 3.00. The zero-order chi connectivity index (χ0) is 21.3. The molecule has 2 aliphatic rings. The van der Waals surface area contributed by atoms with Gasteiger partial charge in [-0.1, -0.05) is 29.8 Å². The number of carbonyl (C=O) groups excluding carboxylic acids is 4. The number of hydrogen-bond donors (Lipinski definition) is 1. The van der Waals surface area contributed by atoms with Crippen LogP contribution in [0.25, 0.3) is 0 Å². The lowest BCUT2D eigenvalue weighted by Gasteiger charge is -2.33. The first-order chi connectivity index (χ1) is 14.4. The number of aryl methyl sites for hydroxylation is 1. The molecule has 2 heterocycles. The smallest absolute Gasteiger partial charge is 0.262 e. The van der Waals surface area contributed by atoms with E-state index in [0.29, 0.717) is 42.6 Å². The highest BCUT2D eigenvalue weighted by Gasteiger charge is 2.37. The van der Waals surface area contributed by atoms with Crippen molar-refractivity contribution in [2.75, 3.05) is 19.6 Å². The first kappa shape index (κ1) is 19.8. The highest BCUT2D eigenvalue weighted by Crippen LogP contribution is 2.22. The summed E-state index contributed by atoms with van der Waals surface area (Å²) in [6.45, 7) is 2.66. The summed E-state index contributed by atoms with van der Waals surface area (Å²) in [5.41, 5.74) is 2.39. The van der Waals surface area contributed by atoms with Crippen LogP contribution in [-0.2, 0) is 4.79 Å². The maximum absolute atomic E-state index is 12.7. The van der Waals surface area contributed by atoms with Gasteiger partial charge in [0.25, 0.3) is 17.7 Å². The van der Waals surface area contributed by atoms with E-state index in [4.69, 9.17) is 0 Å². The first-order valence-corrected chi connectivity index (χ1v) is 10.0. The summed E-state index contributed by atoms with van der Waals surface area (Å²) in [6, 6.07) is 14.0. The van der Waals surface area contributed by atoms with E-state index >= 15 is 0 Å². The lowest BCUT2D eigenvalue weighted by molar-refractivity contribution is -0.132. The van der Waals surface area contributed by atoms with Crippen LogP contribution in [0.4, 0.5) is 0 Å². The third kappa shape index (κ3) is 3.83. The fourth-order valence-electron chi connectivity index (χ4n) is 3.86. The Morgan fingerprint density at radius 2 is 1.50 bits per heavy atom. The molecule has 0 saturated carbocycles. The molecule has 7 heteroatoms. The molecule has 0 spiro atoms. The SMILES string of the molecule is Cc1ccc(C(=O)NC2CCN(C(=O)CN3C(=O)c4ccccc4C3=O)CC2)cc1. The fraction of sp³-hybridized carbons (Fsp3) is 0.304. The fourth-order valence-corrected chi connectivity index (χ4v) is 3.86. The molecule has 2 aliphatic heterocycles. The van der Waals surface area contributed by atoms with Crippen LogP contribution in [0, 0.1) is 6.92 Å². The summed E-state index contributed by atoms with van der Waals surface area (Å²) in [5, 5.41) is 3.02. The highest BCUT2D eigenvalue weighted by atomic mass is 16.2. The summed E-state index contributed by atoms with van der Waals surface area (Å²) in [4.78, 5) is 52.6. The molecule has 0 atom stereocenters. The van der Waals surface area contributed by atoms with Gasteiger partial charge in [-0.3, -0.25) is 24.1 Å². The summed E-state index contributed by atoms with van der Waals surface area (Å²) in [5.74, 6) is -1.23. The van der Waals surface area contributed by atoms with E-state index in [9.17, 15) is 19.2 Å². The second kappa shape index (κ2) is 8.10. The van der Waals surface area contributed by atoms with Crippen molar-refractivity contribution in [1.82, 2.24) is 15.1 Å². The molecule has 0 radical (unpaired) electrons. The number of fused-ring (bicyclic) bond motifs is 1. The Morgan fingerprint density at radius 1 is 0.933 bits per heavy atom. The van der Waals surface area contributed by atoms with Crippen molar-refractivity contribution >= 4 is 23.6 Å². The quantitative estimate of drug-likeness (QED) is 0.789. The summed E-state index contributed by atoms with van der Waals surface area (Å²) in [7, 11) is 0. The Kier molecular flexibility index (Phi) is 5.35. The number of carbonyl (C=O) groups is 4. The molecule has 1 saturated heterocycles. The van der Waals surface area contributed by atoms with Gasteiger partial charge >= 0.3 is 0 Å². The molecule has 4 rings (SSSR count). The topological polar surface area (TPSA) is 86.8 Å². The molecule has 1 fully saturated rings. The van der Waals surface area contributed by atoms with E-state index in [2.05, 4.69) is 5.32 Å². The zero-order valence-electron chi connectivity index (χ0n) is 16.8. The largest absolute Gasteiger partial charge is 0.349 e. The van der Waals surface area contributed by atoms with Crippen molar-refractivity contribution in [3.05, 3.63) is 70.8 Å². The monoisotopic (exact) mass is 405 g/mol. The van der Waals surface area contributed by atoms with Gasteiger partial charge in [-0.15, -0.1) is 0 Å². The Balaban J connectivity index is 1.30. The van der Waals surface area contributed by atoms with Gasteiger partial charge in [-0.2, -0.15) is 0 Å². The Morgan fingerprint density at radius 3 is 2.07 bits per heavy atom. The summed E-state index contributed by atoms with van der Waals surface area (Å²) >= 11 is 0. The number of amides is 4. The number of piperidine rings is 1. The lowest BCUT2D eigenvalue weighted by Crippen LogP contribution is -2.49. The van der Waals surface area contributed by atoms with Gasteiger partial charge < -0.3 is 10.2 Å². The van der Waals surface area contributed by atoms with Crippen LogP contribution in [0.5, 0.6) is 0 Å². The van der Waals surface area contributed by atoms with Crippen LogP contribution in [0.15, 0.2) is 48.5 Å². The van der Waals surface area contributed by atoms with E-state index in [1.54, 1.807) is 41.3 Å². The molecule has 0 bridgehead atoms. The lowest BCUT2D eigenvalue weighted by atomic mass is 10.0. The number of rotatable bonds is 4. The van der Waals surface area contributed by atoms with Crippen molar-refractivity contribution in [2.45, 2.75) is 25.8 Å². The van der Waals surface area contributed by atoms with Gasteiger partial charge in [-0.05, 0) is 44.0 Å². The maximum atomic E-state index is 12.7. The Hall–Kier alpha value is -3.48. The third-order valence-electron chi connectivity index (χ3n) is 5.67. The van der Waals surface area contributed by atoms with Crippen molar-refractivity contribution in [2.24, 2.45) is 0 Å². The number of nitrogens with one attached hydrogen (secondary N) is 1. The molecule has 154 valence electrons. The van der Waals surface area contributed by atoms with Gasteiger partial charge in [0, 0.05) is 24.7 Å². The predicted octanol–water partition coefficient (Wildman–Crippen LogP) is 2.01. The van der Waals surface area contributed by atoms with Crippen LogP contribution < -0.4 is 5.32 Å².